The van der Waals surface area contributed by atoms with E-state index in [9.17, 15) is 17.3 Å². The van der Waals surface area contributed by atoms with Gasteiger partial charge in [-0.25, -0.2) is 4.39 Å². The van der Waals surface area contributed by atoms with Gasteiger partial charge in [0.1, 0.15) is 5.82 Å². The van der Waals surface area contributed by atoms with Gasteiger partial charge in [0.05, 0.1) is 0 Å². The molecule has 0 fully saturated rings. The van der Waals surface area contributed by atoms with E-state index in [1.807, 2.05) is 0 Å². The Morgan fingerprint density at radius 2 is 1.64 bits per heavy atom. The molecule has 0 saturated heterocycles. The summed E-state index contributed by atoms with van der Waals surface area (Å²) in [6.45, 7) is -4.85. The van der Waals surface area contributed by atoms with E-state index in [2.05, 4.69) is 0 Å². The monoisotopic (exact) mass is 206 g/mol. The van der Waals surface area contributed by atoms with E-state index < -0.39 is 19.2 Å². The predicted molar refractivity (Wildman–Crippen MR) is 48.7 cm³/mol. The Bertz CT molecular complexity index is 295. The second-order valence-corrected chi connectivity index (χ2v) is 3.07. The van der Waals surface area contributed by atoms with Gasteiger partial charge in [0.25, 0.3) is 0 Å². The van der Waals surface area contributed by atoms with E-state index in [-0.39, 0.29) is 0 Å². The number of anilines is 1. The number of halogens is 4. The molecule has 1 nitrogen and oxygen atoms in total. The third-order valence-electron chi connectivity index (χ3n) is 1.75. The van der Waals surface area contributed by atoms with Gasteiger partial charge in [-0.3, -0.25) is 0 Å². The second kappa shape index (κ2) is 3.90. The molecule has 0 radical (unpaired) electrons. The zero-order valence-corrected chi connectivity index (χ0v) is 7.55. The smallest absolute Gasteiger partial charge is 0.448 e. The van der Waals surface area contributed by atoms with Crippen LogP contribution in [-0.4, -0.2) is 20.5 Å². The second-order valence-electron chi connectivity index (χ2n) is 3.07. The molecular weight excluding hydrogens is 197 g/mol. The highest BCUT2D eigenvalue weighted by Gasteiger charge is 2.25. The molecule has 0 N–H and O–H groups in total. The van der Waals surface area contributed by atoms with Crippen molar-refractivity contribution in [2.75, 3.05) is 18.4 Å². The molecule has 0 saturated carbocycles. The fourth-order valence-corrected chi connectivity index (χ4v) is 1.11. The maximum absolute atomic E-state index is 12.5. The number of nitrogens with zero attached hydrogens (tertiary/aromatic N) is 1. The van der Waals surface area contributed by atoms with Gasteiger partial charge in [0.15, 0.2) is 0 Å². The summed E-state index contributed by atoms with van der Waals surface area (Å²) in [5.41, 5.74) is 0.352. The Morgan fingerprint density at radius 1 is 1.14 bits per heavy atom. The summed E-state index contributed by atoms with van der Waals surface area (Å²) in [5.74, 6) is -0.459. The average molecular weight is 206 g/mol. The topological polar surface area (TPSA) is 3.24 Å². The molecule has 0 amide bonds. The Balaban J connectivity index is 2.70. The normalized spacial score (nSPS) is 11.5. The van der Waals surface area contributed by atoms with Crippen molar-refractivity contribution in [3.05, 3.63) is 30.1 Å². The van der Waals surface area contributed by atoms with Crippen LogP contribution in [0.1, 0.15) is 0 Å². The van der Waals surface area contributed by atoms with Crippen molar-refractivity contribution < 1.29 is 17.3 Å². The summed E-state index contributed by atoms with van der Waals surface area (Å²) in [6.07, 6.45) is -0.981. The molecule has 1 aromatic carbocycles. The third kappa shape index (κ3) is 3.28. The van der Waals surface area contributed by atoms with Crippen molar-refractivity contribution in [1.82, 2.24) is 0 Å². The van der Waals surface area contributed by atoms with Crippen LogP contribution in [0.25, 0.3) is 0 Å². The highest BCUT2D eigenvalue weighted by atomic mass is 19.4. The van der Waals surface area contributed by atoms with E-state index in [0.717, 1.165) is 17.0 Å². The van der Waals surface area contributed by atoms with Crippen LogP contribution in [-0.2, 0) is 0 Å². The fourth-order valence-electron chi connectivity index (χ4n) is 1.11. The molecule has 0 aliphatic rings. The number of rotatable bonds is 3. The minimum atomic E-state index is -4.85. The molecule has 1 aromatic rings. The summed E-state index contributed by atoms with van der Waals surface area (Å²) in [4.78, 5) is 1.04. The van der Waals surface area contributed by atoms with E-state index in [1.54, 1.807) is 0 Å². The molecule has 0 spiro atoms. The lowest BCUT2D eigenvalue weighted by Crippen LogP contribution is -2.35. The Morgan fingerprint density at radius 3 is 2.07 bits per heavy atom. The quantitative estimate of drug-likeness (QED) is 0.542. The lowest BCUT2D eigenvalue weighted by atomic mass is 9.91. The van der Waals surface area contributed by atoms with Crippen LogP contribution in [0.15, 0.2) is 24.3 Å². The zero-order chi connectivity index (χ0) is 10.8. The van der Waals surface area contributed by atoms with Gasteiger partial charge in [0, 0.05) is 12.7 Å². The first kappa shape index (κ1) is 10.9. The Labute approximate surface area is 79.4 Å². The van der Waals surface area contributed by atoms with Crippen molar-refractivity contribution in [3.8, 4) is 0 Å². The van der Waals surface area contributed by atoms with E-state index in [4.69, 9.17) is 0 Å². The van der Waals surface area contributed by atoms with Crippen molar-refractivity contribution in [1.29, 1.82) is 0 Å². The molecule has 78 valence electrons. The molecule has 14 heavy (non-hydrogen) atoms. The summed E-state index contributed by atoms with van der Waals surface area (Å²) < 4.78 is 48.5. The van der Waals surface area contributed by atoms with Crippen LogP contribution in [0.5, 0.6) is 0 Å². The van der Waals surface area contributed by atoms with Crippen LogP contribution in [0.4, 0.5) is 23.0 Å². The van der Waals surface area contributed by atoms with E-state index >= 15 is 0 Å². The molecule has 6 heteroatoms. The van der Waals surface area contributed by atoms with Gasteiger partial charge < -0.3 is 17.8 Å². The third-order valence-corrected chi connectivity index (χ3v) is 1.75. The van der Waals surface area contributed by atoms with Gasteiger partial charge in [-0.1, -0.05) is 0 Å². The minimum absolute atomic E-state index is 0.352. The molecule has 0 aliphatic heterocycles. The summed E-state index contributed by atoms with van der Waals surface area (Å²) >= 11 is 0. The van der Waals surface area contributed by atoms with E-state index in [1.165, 1.54) is 19.2 Å². The SMILES string of the molecule is CN(C[B-](F)(F)F)c1ccc(F)cc1. The van der Waals surface area contributed by atoms with Crippen molar-refractivity contribution in [3.63, 3.8) is 0 Å². The van der Waals surface area contributed by atoms with Crippen LogP contribution in [0, 0.1) is 5.82 Å². The number of hydrogen-bond acceptors (Lipinski definition) is 1. The van der Waals surface area contributed by atoms with Gasteiger partial charge in [0.2, 0.25) is 0 Å². The molecular formula is C8H9BF4N-. The van der Waals surface area contributed by atoms with Crippen LogP contribution in [0.2, 0.25) is 0 Å². The van der Waals surface area contributed by atoms with E-state index in [0.29, 0.717) is 5.69 Å². The lowest BCUT2D eigenvalue weighted by molar-refractivity contribution is 0.470. The zero-order valence-electron chi connectivity index (χ0n) is 7.55. The standard InChI is InChI=1S/C8H9BF4N/c1-14(6-9(11,12)13)8-4-2-7(10)3-5-8/h2-5H,6H2,1H3/q-1. The number of hydrogen-bond donors (Lipinski definition) is 0. The summed E-state index contributed by atoms with van der Waals surface area (Å²) in [5, 5.41) is 0. The van der Waals surface area contributed by atoms with Gasteiger partial charge >= 0.3 is 6.98 Å². The minimum Gasteiger partial charge on any atom is -0.448 e. The first-order chi connectivity index (χ1) is 6.38. The Kier molecular flexibility index (Phi) is 3.03. The molecule has 0 atom stereocenters. The maximum atomic E-state index is 12.5. The van der Waals surface area contributed by atoms with Gasteiger partial charge in [-0.2, -0.15) is 0 Å². The highest BCUT2D eigenvalue weighted by molar-refractivity contribution is 6.59. The predicted octanol–water partition coefficient (Wildman–Crippen LogP) is 2.65. The number of benzene rings is 1. The lowest BCUT2D eigenvalue weighted by Gasteiger charge is -2.25. The maximum Gasteiger partial charge on any atom is 0.497 e. The largest absolute Gasteiger partial charge is 0.497 e. The molecule has 0 aromatic heterocycles. The molecule has 0 aliphatic carbocycles. The van der Waals surface area contributed by atoms with Crippen LogP contribution in [0.3, 0.4) is 0 Å². The first-order valence-corrected chi connectivity index (χ1v) is 4.06. The van der Waals surface area contributed by atoms with Crippen molar-refractivity contribution in [2.45, 2.75) is 0 Å². The average Bonchev–Trinajstić information content (AvgIpc) is 2.02. The van der Waals surface area contributed by atoms with Crippen LogP contribution >= 0.6 is 0 Å². The highest BCUT2D eigenvalue weighted by Crippen LogP contribution is 2.17. The van der Waals surface area contributed by atoms with Gasteiger partial charge in [-0.05, 0) is 30.7 Å². The van der Waals surface area contributed by atoms with Crippen molar-refractivity contribution in [2.24, 2.45) is 0 Å². The molecule has 0 unspecified atom stereocenters. The molecule has 1 rings (SSSR count). The van der Waals surface area contributed by atoms with Crippen LogP contribution < -0.4 is 4.90 Å². The molecule has 0 bridgehead atoms. The summed E-state index contributed by atoms with van der Waals surface area (Å²) in [7, 11) is 1.32. The van der Waals surface area contributed by atoms with Gasteiger partial charge in [-0.15, -0.1) is 0 Å². The first-order valence-electron chi connectivity index (χ1n) is 4.06. The Hall–Kier alpha value is -1.20. The molecule has 0 heterocycles. The fraction of sp³-hybridized carbons (Fsp3) is 0.250. The summed E-state index contributed by atoms with van der Waals surface area (Å²) in [6, 6.07) is 4.90. The van der Waals surface area contributed by atoms with Crippen molar-refractivity contribution >= 4 is 12.7 Å².